The second kappa shape index (κ2) is 5.28. The Hall–Kier alpha value is -1.65. The van der Waals surface area contributed by atoms with Gasteiger partial charge in [0.15, 0.2) is 0 Å². The van der Waals surface area contributed by atoms with Crippen LogP contribution in [0.15, 0.2) is 12.3 Å². The number of carbonyl (C=O) groups is 1. The number of carbonyl (C=O) groups excluding carboxylic acids is 1. The third-order valence-electron chi connectivity index (χ3n) is 4.94. The van der Waals surface area contributed by atoms with Crippen molar-refractivity contribution in [2.24, 2.45) is 10.8 Å². The first kappa shape index (κ1) is 15.7. The number of hydrogen-bond acceptors (Lipinski definition) is 3. The molecule has 1 heterocycles. The summed E-state index contributed by atoms with van der Waals surface area (Å²) in [5.74, 6) is -0.340. The van der Waals surface area contributed by atoms with Crippen molar-refractivity contribution < 1.29 is 9.18 Å². The molecule has 5 heteroatoms. The average Bonchev–Trinajstić information content (AvgIpc) is 2.79. The van der Waals surface area contributed by atoms with Gasteiger partial charge in [-0.15, -0.1) is 0 Å². The summed E-state index contributed by atoms with van der Waals surface area (Å²) in [4.78, 5) is 16.4. The van der Waals surface area contributed by atoms with Crippen LogP contribution in [0.4, 0.5) is 10.2 Å². The van der Waals surface area contributed by atoms with Crippen molar-refractivity contribution in [1.29, 1.82) is 0 Å². The summed E-state index contributed by atoms with van der Waals surface area (Å²) in [6, 6.07) is 1.32. The van der Waals surface area contributed by atoms with Gasteiger partial charge in [0, 0.05) is 12.6 Å². The van der Waals surface area contributed by atoms with Crippen LogP contribution in [-0.2, 0) is 0 Å². The maximum Gasteiger partial charge on any atom is 0.255 e. The molecule has 21 heavy (non-hydrogen) atoms. The number of rotatable bonds is 5. The molecular weight excluding hydrogens is 269 g/mol. The number of pyridine rings is 1. The highest BCUT2D eigenvalue weighted by atomic mass is 19.1. The van der Waals surface area contributed by atoms with Crippen molar-refractivity contribution in [3.05, 3.63) is 23.6 Å². The lowest BCUT2D eigenvalue weighted by atomic mass is 10.0. The molecule has 1 aliphatic carbocycles. The number of anilines is 1. The van der Waals surface area contributed by atoms with E-state index in [4.69, 9.17) is 0 Å². The van der Waals surface area contributed by atoms with E-state index in [1.807, 2.05) is 6.92 Å². The first-order chi connectivity index (χ1) is 9.71. The van der Waals surface area contributed by atoms with Gasteiger partial charge in [0.2, 0.25) is 0 Å². The van der Waals surface area contributed by atoms with Crippen LogP contribution in [0.25, 0.3) is 0 Å². The zero-order chi connectivity index (χ0) is 15.8. The standard InChI is InChI=1S/C16H24FN3O/c1-6-7-18-12-11(8-10(17)9-19-12)13(21)20-14-15(2,3)16(14,4)5/h8-9,14H,6-7H2,1-5H3,(H,18,19)(H,20,21). The highest BCUT2D eigenvalue weighted by molar-refractivity contribution is 5.99. The minimum atomic E-state index is -0.503. The van der Waals surface area contributed by atoms with Crippen molar-refractivity contribution in [2.45, 2.75) is 47.1 Å². The Morgan fingerprint density at radius 2 is 1.95 bits per heavy atom. The third-order valence-corrected chi connectivity index (χ3v) is 4.94. The predicted molar refractivity (Wildman–Crippen MR) is 81.8 cm³/mol. The lowest BCUT2D eigenvalue weighted by Gasteiger charge is -2.12. The second-order valence-electron chi connectivity index (χ2n) is 6.83. The largest absolute Gasteiger partial charge is 0.369 e. The van der Waals surface area contributed by atoms with E-state index < -0.39 is 5.82 Å². The van der Waals surface area contributed by atoms with Crippen LogP contribution < -0.4 is 10.6 Å². The molecule has 0 bridgehead atoms. The zero-order valence-corrected chi connectivity index (χ0v) is 13.4. The quantitative estimate of drug-likeness (QED) is 0.876. The predicted octanol–water partition coefficient (Wildman–Crippen LogP) is 3.21. The van der Waals surface area contributed by atoms with E-state index in [1.54, 1.807) is 0 Å². The summed E-state index contributed by atoms with van der Waals surface area (Å²) in [7, 11) is 0. The second-order valence-corrected chi connectivity index (χ2v) is 6.83. The molecule has 2 N–H and O–H groups in total. The van der Waals surface area contributed by atoms with Gasteiger partial charge in [0.05, 0.1) is 11.8 Å². The molecule has 0 saturated heterocycles. The molecule has 1 fully saturated rings. The maximum atomic E-state index is 13.4. The molecule has 1 amide bonds. The molecular formula is C16H24FN3O. The number of nitrogens with one attached hydrogen (secondary N) is 2. The van der Waals surface area contributed by atoms with Crippen molar-refractivity contribution in [1.82, 2.24) is 10.3 Å². The Morgan fingerprint density at radius 1 is 1.33 bits per heavy atom. The number of aromatic nitrogens is 1. The Labute approximate surface area is 125 Å². The van der Waals surface area contributed by atoms with Crippen LogP contribution in [0.1, 0.15) is 51.4 Å². The van der Waals surface area contributed by atoms with Crippen LogP contribution in [0.3, 0.4) is 0 Å². The molecule has 1 aliphatic rings. The Kier molecular flexibility index (Phi) is 3.95. The molecule has 1 aromatic rings. The van der Waals surface area contributed by atoms with E-state index in [0.717, 1.165) is 12.6 Å². The Morgan fingerprint density at radius 3 is 2.48 bits per heavy atom. The van der Waals surface area contributed by atoms with Crippen LogP contribution in [-0.4, -0.2) is 23.5 Å². The molecule has 0 aliphatic heterocycles. The molecule has 2 rings (SSSR count). The van der Waals surface area contributed by atoms with Gasteiger partial charge in [-0.2, -0.15) is 0 Å². The van der Waals surface area contributed by atoms with Crippen LogP contribution in [0.5, 0.6) is 0 Å². The van der Waals surface area contributed by atoms with E-state index in [9.17, 15) is 9.18 Å². The zero-order valence-electron chi connectivity index (χ0n) is 13.4. The van der Waals surface area contributed by atoms with Gasteiger partial charge in [-0.1, -0.05) is 34.6 Å². The van der Waals surface area contributed by atoms with Gasteiger partial charge in [0.1, 0.15) is 11.6 Å². The monoisotopic (exact) mass is 293 g/mol. The topological polar surface area (TPSA) is 54.0 Å². The summed E-state index contributed by atoms with van der Waals surface area (Å²) in [5.41, 5.74) is 0.350. The van der Waals surface area contributed by atoms with Gasteiger partial charge >= 0.3 is 0 Å². The minimum Gasteiger partial charge on any atom is -0.369 e. The average molecular weight is 293 g/mol. The summed E-state index contributed by atoms with van der Waals surface area (Å²) in [6.07, 6.45) is 2.03. The van der Waals surface area contributed by atoms with Gasteiger partial charge < -0.3 is 10.6 Å². The number of hydrogen-bond donors (Lipinski definition) is 2. The Balaban J connectivity index is 2.17. The van der Waals surface area contributed by atoms with Crippen LogP contribution in [0, 0.1) is 16.6 Å². The lowest BCUT2D eigenvalue weighted by molar-refractivity contribution is 0.0943. The number of nitrogens with zero attached hydrogens (tertiary/aromatic N) is 1. The molecule has 0 aromatic carbocycles. The summed E-state index contributed by atoms with van der Waals surface area (Å²) in [6.45, 7) is 11.2. The first-order valence-corrected chi connectivity index (χ1v) is 7.42. The normalized spacial score (nSPS) is 19.1. The van der Waals surface area contributed by atoms with Crippen molar-refractivity contribution in [3.63, 3.8) is 0 Å². The summed E-state index contributed by atoms with van der Waals surface area (Å²) in [5, 5.41) is 6.08. The van der Waals surface area contributed by atoms with E-state index in [0.29, 0.717) is 12.4 Å². The molecule has 0 atom stereocenters. The summed E-state index contributed by atoms with van der Waals surface area (Å²) >= 11 is 0. The van der Waals surface area contributed by atoms with Crippen molar-refractivity contribution in [2.75, 3.05) is 11.9 Å². The minimum absolute atomic E-state index is 0.0421. The molecule has 116 valence electrons. The molecule has 0 radical (unpaired) electrons. The fourth-order valence-electron chi connectivity index (χ4n) is 2.76. The van der Waals surface area contributed by atoms with Crippen molar-refractivity contribution in [3.8, 4) is 0 Å². The fourth-order valence-corrected chi connectivity index (χ4v) is 2.76. The molecule has 0 spiro atoms. The van der Waals surface area contributed by atoms with Crippen LogP contribution >= 0.6 is 0 Å². The first-order valence-electron chi connectivity index (χ1n) is 7.42. The van der Waals surface area contributed by atoms with E-state index in [-0.39, 0.29) is 28.3 Å². The van der Waals surface area contributed by atoms with Crippen LogP contribution in [0.2, 0.25) is 0 Å². The molecule has 1 aromatic heterocycles. The summed E-state index contributed by atoms with van der Waals surface area (Å²) < 4.78 is 13.4. The number of halogens is 1. The fraction of sp³-hybridized carbons (Fsp3) is 0.625. The van der Waals surface area contributed by atoms with Gasteiger partial charge in [-0.05, 0) is 23.3 Å². The molecule has 4 nitrogen and oxygen atoms in total. The molecule has 1 saturated carbocycles. The van der Waals surface area contributed by atoms with Gasteiger partial charge in [-0.25, -0.2) is 9.37 Å². The highest BCUT2D eigenvalue weighted by Crippen LogP contribution is 2.62. The molecule has 0 unspecified atom stereocenters. The van der Waals surface area contributed by atoms with Crippen molar-refractivity contribution >= 4 is 11.7 Å². The lowest BCUT2D eigenvalue weighted by Crippen LogP contribution is -2.30. The highest BCUT2D eigenvalue weighted by Gasteiger charge is 2.65. The van der Waals surface area contributed by atoms with Gasteiger partial charge in [0.25, 0.3) is 5.91 Å². The van der Waals surface area contributed by atoms with E-state index in [1.165, 1.54) is 6.07 Å². The van der Waals surface area contributed by atoms with E-state index in [2.05, 4.69) is 43.3 Å². The SMILES string of the molecule is CCCNc1ncc(F)cc1C(=O)NC1C(C)(C)C1(C)C. The Bertz CT molecular complexity index is 540. The van der Waals surface area contributed by atoms with E-state index >= 15 is 0 Å². The third kappa shape index (κ3) is 2.74. The number of amides is 1. The maximum absolute atomic E-state index is 13.4. The van der Waals surface area contributed by atoms with Gasteiger partial charge in [-0.3, -0.25) is 4.79 Å². The smallest absolute Gasteiger partial charge is 0.255 e.